The number of rotatable bonds is 11. The first kappa shape index (κ1) is 23.9. The van der Waals surface area contributed by atoms with Crippen LogP contribution < -0.4 is 10.6 Å². The van der Waals surface area contributed by atoms with E-state index in [1.807, 2.05) is 6.92 Å². The minimum atomic E-state index is -0.545. The molecule has 0 heterocycles. The SMILES string of the molecule is CCNC(=NCC(O)COCC1CC1)NCCOC1CCCCCC1.I. The fourth-order valence-corrected chi connectivity index (χ4v) is 3.05. The highest BCUT2D eigenvalue weighted by atomic mass is 127. The molecule has 1 unspecified atom stereocenters. The molecule has 0 spiro atoms. The molecule has 2 saturated carbocycles. The first-order chi connectivity index (χ1) is 12.3. The maximum absolute atomic E-state index is 9.96. The van der Waals surface area contributed by atoms with Crippen LogP contribution in [0.4, 0.5) is 0 Å². The summed E-state index contributed by atoms with van der Waals surface area (Å²) >= 11 is 0. The second-order valence-corrected chi connectivity index (χ2v) is 7.27. The summed E-state index contributed by atoms with van der Waals surface area (Å²) < 4.78 is 11.5. The summed E-state index contributed by atoms with van der Waals surface area (Å²) in [4.78, 5) is 4.43. The Kier molecular flexibility index (Phi) is 13.7. The third kappa shape index (κ3) is 11.6. The number of aliphatic hydroxyl groups excluding tert-OH is 1. The van der Waals surface area contributed by atoms with Crippen molar-refractivity contribution in [2.24, 2.45) is 10.9 Å². The van der Waals surface area contributed by atoms with Gasteiger partial charge in [-0.1, -0.05) is 25.7 Å². The lowest BCUT2D eigenvalue weighted by Gasteiger charge is -2.17. The van der Waals surface area contributed by atoms with E-state index >= 15 is 0 Å². The smallest absolute Gasteiger partial charge is 0.191 e. The molecule has 3 N–H and O–H groups in total. The second-order valence-electron chi connectivity index (χ2n) is 7.27. The highest BCUT2D eigenvalue weighted by Gasteiger charge is 2.21. The first-order valence-corrected chi connectivity index (χ1v) is 10.2. The molecule has 0 aromatic heterocycles. The molecule has 0 aliphatic heterocycles. The standard InChI is InChI=1S/C19H37N3O3.HI/c1-2-20-19(22-13-17(23)15-24-14-16-9-10-16)21-11-12-25-18-7-5-3-4-6-8-18;/h16-18,23H,2-15H2,1H3,(H2,20,21,22);1H. The van der Waals surface area contributed by atoms with Gasteiger partial charge in [-0.2, -0.15) is 0 Å². The molecule has 0 radical (unpaired) electrons. The Morgan fingerprint density at radius 1 is 1.12 bits per heavy atom. The van der Waals surface area contributed by atoms with E-state index in [1.165, 1.54) is 51.4 Å². The molecule has 2 aliphatic rings. The van der Waals surface area contributed by atoms with E-state index < -0.39 is 6.10 Å². The van der Waals surface area contributed by atoms with Gasteiger partial charge in [0.1, 0.15) is 0 Å². The van der Waals surface area contributed by atoms with E-state index in [1.54, 1.807) is 0 Å². The molecule has 7 heteroatoms. The Hall–Kier alpha value is -0.120. The van der Waals surface area contributed by atoms with Gasteiger partial charge in [-0.3, -0.25) is 4.99 Å². The molecule has 2 aliphatic carbocycles. The average Bonchev–Trinajstić information content (AvgIpc) is 3.44. The normalized spacial score (nSPS) is 20.2. The summed E-state index contributed by atoms with van der Waals surface area (Å²) in [5.74, 6) is 1.45. The largest absolute Gasteiger partial charge is 0.389 e. The predicted octanol–water partition coefficient (Wildman–Crippen LogP) is 2.69. The van der Waals surface area contributed by atoms with Crippen LogP contribution in [0, 0.1) is 5.92 Å². The average molecular weight is 483 g/mol. The molecule has 154 valence electrons. The number of halogens is 1. The zero-order valence-corrected chi connectivity index (χ0v) is 18.6. The summed E-state index contributed by atoms with van der Waals surface area (Å²) in [6.07, 6.45) is 10.1. The molecule has 26 heavy (non-hydrogen) atoms. The number of aliphatic hydroxyl groups is 1. The third-order valence-electron chi connectivity index (χ3n) is 4.72. The lowest BCUT2D eigenvalue weighted by molar-refractivity contribution is 0.0368. The lowest BCUT2D eigenvalue weighted by atomic mass is 10.1. The van der Waals surface area contributed by atoms with Crippen LogP contribution in [0.5, 0.6) is 0 Å². The number of hydrogen-bond acceptors (Lipinski definition) is 4. The Morgan fingerprint density at radius 2 is 1.85 bits per heavy atom. The van der Waals surface area contributed by atoms with Gasteiger partial charge in [-0.05, 0) is 38.5 Å². The van der Waals surface area contributed by atoms with Crippen molar-refractivity contribution in [3.63, 3.8) is 0 Å². The maximum Gasteiger partial charge on any atom is 0.191 e. The minimum absolute atomic E-state index is 0. The van der Waals surface area contributed by atoms with Gasteiger partial charge in [0, 0.05) is 19.7 Å². The fourth-order valence-electron chi connectivity index (χ4n) is 3.05. The molecule has 0 bridgehead atoms. The van der Waals surface area contributed by atoms with Gasteiger partial charge in [0.2, 0.25) is 0 Å². The molecule has 0 amide bonds. The number of guanidine groups is 1. The highest BCUT2D eigenvalue weighted by Crippen LogP contribution is 2.28. The lowest BCUT2D eigenvalue weighted by Crippen LogP contribution is -2.40. The van der Waals surface area contributed by atoms with E-state index in [0.717, 1.165) is 31.6 Å². The summed E-state index contributed by atoms with van der Waals surface area (Å²) in [6.45, 7) is 5.75. The summed E-state index contributed by atoms with van der Waals surface area (Å²) in [6, 6.07) is 0. The van der Waals surface area contributed by atoms with Crippen LogP contribution in [0.3, 0.4) is 0 Å². The topological polar surface area (TPSA) is 75.1 Å². The van der Waals surface area contributed by atoms with Crippen LogP contribution >= 0.6 is 24.0 Å². The van der Waals surface area contributed by atoms with Crippen LogP contribution in [0.1, 0.15) is 58.3 Å². The molecule has 0 saturated heterocycles. The van der Waals surface area contributed by atoms with Crippen LogP contribution in [-0.2, 0) is 9.47 Å². The van der Waals surface area contributed by atoms with Crippen molar-refractivity contribution >= 4 is 29.9 Å². The van der Waals surface area contributed by atoms with Gasteiger partial charge < -0.3 is 25.2 Å². The molecule has 0 aromatic rings. The van der Waals surface area contributed by atoms with Crippen molar-refractivity contribution in [3.8, 4) is 0 Å². The van der Waals surface area contributed by atoms with E-state index in [-0.39, 0.29) is 24.0 Å². The Morgan fingerprint density at radius 3 is 2.50 bits per heavy atom. The predicted molar refractivity (Wildman–Crippen MR) is 116 cm³/mol. The molecule has 2 rings (SSSR count). The van der Waals surface area contributed by atoms with Crippen LogP contribution in [0.15, 0.2) is 4.99 Å². The number of hydrogen-bond donors (Lipinski definition) is 3. The molecule has 1 atom stereocenters. The van der Waals surface area contributed by atoms with Gasteiger partial charge in [0.05, 0.1) is 32.0 Å². The first-order valence-electron chi connectivity index (χ1n) is 10.2. The molecular weight excluding hydrogens is 445 g/mol. The van der Waals surface area contributed by atoms with Gasteiger partial charge >= 0.3 is 0 Å². The van der Waals surface area contributed by atoms with Crippen molar-refractivity contribution < 1.29 is 14.6 Å². The molecule has 0 aromatic carbocycles. The van der Waals surface area contributed by atoms with Gasteiger partial charge in [-0.25, -0.2) is 0 Å². The molecule has 6 nitrogen and oxygen atoms in total. The quantitative estimate of drug-likeness (QED) is 0.139. The monoisotopic (exact) mass is 483 g/mol. The van der Waals surface area contributed by atoms with Gasteiger partial charge in [0.15, 0.2) is 5.96 Å². The van der Waals surface area contributed by atoms with E-state index in [0.29, 0.717) is 25.9 Å². The second kappa shape index (κ2) is 14.9. The van der Waals surface area contributed by atoms with E-state index in [9.17, 15) is 5.11 Å². The summed E-state index contributed by atoms with van der Waals surface area (Å²) in [5.41, 5.74) is 0. The van der Waals surface area contributed by atoms with E-state index in [2.05, 4.69) is 15.6 Å². The number of nitrogens with zero attached hydrogens (tertiary/aromatic N) is 1. The Bertz CT molecular complexity index is 373. The fraction of sp³-hybridized carbons (Fsp3) is 0.947. The zero-order valence-electron chi connectivity index (χ0n) is 16.3. The summed E-state index contributed by atoms with van der Waals surface area (Å²) in [5, 5.41) is 16.4. The van der Waals surface area contributed by atoms with Crippen molar-refractivity contribution in [3.05, 3.63) is 0 Å². The number of nitrogens with one attached hydrogen (secondary N) is 2. The Labute approximate surface area is 175 Å². The Balaban J connectivity index is 0.00000338. The van der Waals surface area contributed by atoms with Crippen LogP contribution in [0.25, 0.3) is 0 Å². The molecular formula is C19H38IN3O3. The third-order valence-corrected chi connectivity index (χ3v) is 4.72. The van der Waals surface area contributed by atoms with Crippen molar-refractivity contribution in [2.45, 2.75) is 70.5 Å². The van der Waals surface area contributed by atoms with Crippen molar-refractivity contribution in [2.75, 3.05) is 39.5 Å². The van der Waals surface area contributed by atoms with Crippen molar-refractivity contribution in [1.29, 1.82) is 0 Å². The maximum atomic E-state index is 9.96. The van der Waals surface area contributed by atoms with Crippen molar-refractivity contribution in [1.82, 2.24) is 10.6 Å². The highest BCUT2D eigenvalue weighted by molar-refractivity contribution is 14.0. The minimum Gasteiger partial charge on any atom is -0.389 e. The summed E-state index contributed by atoms with van der Waals surface area (Å²) in [7, 11) is 0. The van der Waals surface area contributed by atoms with Gasteiger partial charge in [-0.15, -0.1) is 24.0 Å². The van der Waals surface area contributed by atoms with E-state index in [4.69, 9.17) is 9.47 Å². The van der Waals surface area contributed by atoms with Crippen LogP contribution in [-0.4, -0.2) is 62.7 Å². The van der Waals surface area contributed by atoms with Crippen LogP contribution in [0.2, 0.25) is 0 Å². The zero-order chi connectivity index (χ0) is 17.7. The number of aliphatic imine (C=N–C) groups is 1. The molecule has 2 fully saturated rings. The number of ether oxygens (including phenoxy) is 2. The van der Waals surface area contributed by atoms with Gasteiger partial charge in [0.25, 0.3) is 0 Å².